The Morgan fingerprint density at radius 1 is 1.05 bits per heavy atom. The molecule has 0 aliphatic rings. The van der Waals surface area contributed by atoms with Gasteiger partial charge in [0.2, 0.25) is 0 Å². The van der Waals surface area contributed by atoms with Crippen LogP contribution in [0.4, 0.5) is 18.9 Å². The molecule has 0 aromatic heterocycles. The Morgan fingerprint density at radius 3 is 2.33 bits per heavy atom. The predicted molar refractivity (Wildman–Crippen MR) is 70.9 cm³/mol. The number of halogens is 3. The van der Waals surface area contributed by atoms with Gasteiger partial charge in [0.1, 0.15) is 11.5 Å². The maximum absolute atomic E-state index is 12.6. The zero-order chi connectivity index (χ0) is 15.6. The van der Waals surface area contributed by atoms with Gasteiger partial charge in [-0.3, -0.25) is 4.79 Å². The lowest BCUT2D eigenvalue weighted by molar-refractivity contribution is -0.137. The first kappa shape index (κ1) is 14.7. The number of hydrogen-bond acceptors (Lipinski definition) is 3. The number of alkyl halides is 3. The van der Waals surface area contributed by atoms with E-state index in [0.717, 1.165) is 12.1 Å². The van der Waals surface area contributed by atoms with E-state index in [1.165, 1.54) is 30.3 Å². The van der Waals surface area contributed by atoms with Gasteiger partial charge >= 0.3 is 6.18 Å². The lowest BCUT2D eigenvalue weighted by Gasteiger charge is -2.11. The highest BCUT2D eigenvalue weighted by molar-refractivity contribution is 5.98. The Kier molecular flexibility index (Phi) is 3.75. The van der Waals surface area contributed by atoms with E-state index in [9.17, 15) is 18.0 Å². The molecule has 2 aromatic rings. The molecule has 0 heterocycles. The van der Waals surface area contributed by atoms with Crippen molar-refractivity contribution in [1.82, 2.24) is 0 Å². The second kappa shape index (κ2) is 5.35. The molecule has 4 N–H and O–H groups in total. The van der Waals surface area contributed by atoms with Crippen LogP contribution in [0.5, 0.6) is 11.5 Å². The summed E-state index contributed by atoms with van der Waals surface area (Å²) in [6, 6.07) is 8.49. The van der Waals surface area contributed by atoms with Gasteiger partial charge in [-0.05, 0) is 36.4 Å². The highest BCUT2D eigenvalue weighted by atomic mass is 19.4. The SMILES string of the molecule is NC(=O)c1cc(Oc2cccc(C(F)(F)F)c2)ccc1N. The van der Waals surface area contributed by atoms with Crippen LogP contribution in [0.15, 0.2) is 42.5 Å². The summed E-state index contributed by atoms with van der Waals surface area (Å²) in [4.78, 5) is 11.1. The van der Waals surface area contributed by atoms with Crippen molar-refractivity contribution in [1.29, 1.82) is 0 Å². The van der Waals surface area contributed by atoms with Crippen molar-refractivity contribution in [3.05, 3.63) is 53.6 Å². The van der Waals surface area contributed by atoms with Gasteiger partial charge in [-0.1, -0.05) is 6.07 Å². The van der Waals surface area contributed by atoms with Gasteiger partial charge < -0.3 is 16.2 Å². The normalized spacial score (nSPS) is 11.2. The molecule has 0 spiro atoms. The van der Waals surface area contributed by atoms with Gasteiger partial charge in [-0.15, -0.1) is 0 Å². The molecule has 0 atom stereocenters. The van der Waals surface area contributed by atoms with E-state index in [1.807, 2.05) is 0 Å². The summed E-state index contributed by atoms with van der Waals surface area (Å²) in [5.41, 5.74) is 10.1. The maximum Gasteiger partial charge on any atom is 0.416 e. The van der Waals surface area contributed by atoms with Crippen molar-refractivity contribution in [2.75, 3.05) is 5.73 Å². The van der Waals surface area contributed by atoms with E-state index in [-0.39, 0.29) is 22.7 Å². The van der Waals surface area contributed by atoms with Crippen molar-refractivity contribution in [3.63, 3.8) is 0 Å². The molecule has 0 aliphatic carbocycles. The minimum atomic E-state index is -4.46. The first-order chi connectivity index (χ1) is 9.77. The van der Waals surface area contributed by atoms with Crippen LogP contribution in [0.25, 0.3) is 0 Å². The molecule has 0 saturated heterocycles. The number of carbonyl (C=O) groups excluding carboxylic acids is 1. The number of nitrogens with two attached hydrogens (primary N) is 2. The summed E-state index contributed by atoms with van der Waals surface area (Å²) in [6.45, 7) is 0. The largest absolute Gasteiger partial charge is 0.457 e. The van der Waals surface area contributed by atoms with E-state index in [2.05, 4.69) is 0 Å². The highest BCUT2D eigenvalue weighted by Gasteiger charge is 2.30. The summed E-state index contributed by atoms with van der Waals surface area (Å²) in [5.74, 6) is -0.593. The predicted octanol–water partition coefficient (Wildman–Crippen LogP) is 3.18. The third-order valence-corrected chi connectivity index (χ3v) is 2.69. The molecular weight excluding hydrogens is 285 g/mol. The van der Waals surface area contributed by atoms with Crippen molar-refractivity contribution in [2.45, 2.75) is 6.18 Å². The van der Waals surface area contributed by atoms with Gasteiger partial charge in [-0.25, -0.2) is 0 Å². The molecule has 21 heavy (non-hydrogen) atoms. The number of nitrogen functional groups attached to an aromatic ring is 1. The van der Waals surface area contributed by atoms with Crippen LogP contribution in [0, 0.1) is 0 Å². The van der Waals surface area contributed by atoms with E-state index in [0.29, 0.717) is 0 Å². The van der Waals surface area contributed by atoms with E-state index in [4.69, 9.17) is 16.2 Å². The Balaban J connectivity index is 2.31. The van der Waals surface area contributed by atoms with Crippen LogP contribution in [0.1, 0.15) is 15.9 Å². The Bertz CT molecular complexity index is 684. The fourth-order valence-electron chi connectivity index (χ4n) is 1.68. The molecule has 2 aromatic carbocycles. The summed E-state index contributed by atoms with van der Waals surface area (Å²) >= 11 is 0. The van der Waals surface area contributed by atoms with E-state index < -0.39 is 17.6 Å². The number of anilines is 1. The summed E-state index contributed by atoms with van der Waals surface area (Å²) in [6.07, 6.45) is -4.46. The van der Waals surface area contributed by atoms with Crippen LogP contribution in [-0.2, 0) is 6.18 Å². The van der Waals surface area contributed by atoms with Gasteiger partial charge in [0.05, 0.1) is 11.1 Å². The molecule has 4 nitrogen and oxygen atoms in total. The Hall–Kier alpha value is -2.70. The lowest BCUT2D eigenvalue weighted by atomic mass is 10.1. The number of benzene rings is 2. The topological polar surface area (TPSA) is 78.3 Å². The molecule has 1 amide bonds. The Labute approximate surface area is 118 Å². The van der Waals surface area contributed by atoms with Crippen LogP contribution in [-0.4, -0.2) is 5.91 Å². The zero-order valence-electron chi connectivity index (χ0n) is 10.6. The average Bonchev–Trinajstić information content (AvgIpc) is 2.40. The number of primary amides is 1. The number of hydrogen-bond donors (Lipinski definition) is 2. The first-order valence-corrected chi connectivity index (χ1v) is 5.82. The quantitative estimate of drug-likeness (QED) is 0.854. The van der Waals surface area contributed by atoms with Gasteiger partial charge in [0.15, 0.2) is 0 Å². The zero-order valence-corrected chi connectivity index (χ0v) is 10.6. The van der Waals surface area contributed by atoms with Crippen LogP contribution in [0.3, 0.4) is 0 Å². The van der Waals surface area contributed by atoms with Gasteiger partial charge in [-0.2, -0.15) is 13.2 Å². The third kappa shape index (κ3) is 3.44. The van der Waals surface area contributed by atoms with Crippen molar-refractivity contribution >= 4 is 11.6 Å². The molecule has 0 radical (unpaired) electrons. The maximum atomic E-state index is 12.6. The molecule has 0 fully saturated rings. The molecule has 2 rings (SSSR count). The highest BCUT2D eigenvalue weighted by Crippen LogP contribution is 2.33. The number of rotatable bonds is 3. The molecule has 110 valence electrons. The average molecular weight is 296 g/mol. The molecule has 0 saturated carbocycles. The number of ether oxygens (including phenoxy) is 1. The monoisotopic (exact) mass is 296 g/mol. The second-order valence-corrected chi connectivity index (χ2v) is 4.24. The van der Waals surface area contributed by atoms with Crippen molar-refractivity contribution in [3.8, 4) is 11.5 Å². The first-order valence-electron chi connectivity index (χ1n) is 5.82. The van der Waals surface area contributed by atoms with Crippen LogP contribution < -0.4 is 16.2 Å². The van der Waals surface area contributed by atoms with Crippen LogP contribution in [0.2, 0.25) is 0 Å². The van der Waals surface area contributed by atoms with Crippen LogP contribution >= 0.6 is 0 Å². The van der Waals surface area contributed by atoms with Gasteiger partial charge in [0.25, 0.3) is 5.91 Å². The fraction of sp³-hybridized carbons (Fsp3) is 0.0714. The summed E-state index contributed by atoms with van der Waals surface area (Å²) < 4.78 is 43.1. The standard InChI is InChI=1S/C14H11F3N2O2/c15-14(16,17)8-2-1-3-9(6-8)21-10-4-5-12(18)11(7-10)13(19)20/h1-7H,18H2,(H2,19,20). The van der Waals surface area contributed by atoms with Crippen molar-refractivity contribution < 1.29 is 22.7 Å². The fourth-order valence-corrected chi connectivity index (χ4v) is 1.68. The molecule has 7 heteroatoms. The third-order valence-electron chi connectivity index (χ3n) is 2.69. The van der Waals surface area contributed by atoms with Crippen molar-refractivity contribution in [2.24, 2.45) is 5.73 Å². The minimum Gasteiger partial charge on any atom is -0.457 e. The lowest BCUT2D eigenvalue weighted by Crippen LogP contribution is -2.13. The number of amides is 1. The minimum absolute atomic E-state index is 0.00924. The smallest absolute Gasteiger partial charge is 0.416 e. The van der Waals surface area contributed by atoms with E-state index >= 15 is 0 Å². The number of carbonyl (C=O) groups is 1. The molecule has 0 bridgehead atoms. The Morgan fingerprint density at radius 2 is 1.71 bits per heavy atom. The summed E-state index contributed by atoms with van der Waals surface area (Å²) in [7, 11) is 0. The van der Waals surface area contributed by atoms with Gasteiger partial charge in [0, 0.05) is 5.69 Å². The van der Waals surface area contributed by atoms with E-state index in [1.54, 1.807) is 0 Å². The second-order valence-electron chi connectivity index (χ2n) is 4.24. The molecule has 0 unspecified atom stereocenters. The summed E-state index contributed by atoms with van der Waals surface area (Å²) in [5, 5.41) is 0. The molecule has 0 aliphatic heterocycles. The molecular formula is C14H11F3N2O2.